The van der Waals surface area contributed by atoms with Gasteiger partial charge in [-0.1, -0.05) is 12.1 Å². The summed E-state index contributed by atoms with van der Waals surface area (Å²) in [4.78, 5) is 13.6. The van der Waals surface area contributed by atoms with Gasteiger partial charge in [0.05, 0.1) is 11.3 Å². The highest BCUT2D eigenvalue weighted by molar-refractivity contribution is 6.09. The van der Waals surface area contributed by atoms with Gasteiger partial charge in [0.2, 0.25) is 0 Å². The summed E-state index contributed by atoms with van der Waals surface area (Å²) in [6, 6.07) is 9.47. The Morgan fingerprint density at radius 1 is 1.20 bits per heavy atom. The van der Waals surface area contributed by atoms with Crippen LogP contribution in [0.15, 0.2) is 42.5 Å². The summed E-state index contributed by atoms with van der Waals surface area (Å²) in [5.74, 6) is -1.61. The molecule has 0 bridgehead atoms. The van der Waals surface area contributed by atoms with E-state index in [0.29, 0.717) is 0 Å². The van der Waals surface area contributed by atoms with Gasteiger partial charge >= 0.3 is 0 Å². The van der Waals surface area contributed by atoms with Crippen molar-refractivity contribution in [1.29, 1.82) is 0 Å². The van der Waals surface area contributed by atoms with Crippen molar-refractivity contribution in [3.8, 4) is 0 Å². The molecule has 0 aliphatic rings. The van der Waals surface area contributed by atoms with E-state index in [4.69, 9.17) is 5.73 Å². The smallest absolute Gasteiger partial charge is 0.260 e. The number of anilines is 2. The third kappa shape index (κ3) is 2.61. The van der Waals surface area contributed by atoms with E-state index in [2.05, 4.69) is 0 Å². The van der Waals surface area contributed by atoms with E-state index in [1.165, 1.54) is 35.2 Å². The van der Waals surface area contributed by atoms with Crippen LogP contribution in [0.2, 0.25) is 0 Å². The molecule has 2 aromatic rings. The van der Waals surface area contributed by atoms with Crippen molar-refractivity contribution in [1.82, 2.24) is 0 Å². The molecule has 2 rings (SSSR count). The lowest BCUT2D eigenvalue weighted by Gasteiger charge is -2.22. The van der Waals surface area contributed by atoms with E-state index < -0.39 is 17.5 Å². The second-order valence-electron chi connectivity index (χ2n) is 4.23. The van der Waals surface area contributed by atoms with E-state index in [1.54, 1.807) is 13.0 Å². The lowest BCUT2D eigenvalue weighted by Crippen LogP contribution is -2.32. The summed E-state index contributed by atoms with van der Waals surface area (Å²) in [5, 5.41) is 0. The van der Waals surface area contributed by atoms with Crippen LogP contribution in [0.1, 0.15) is 17.3 Å². The normalized spacial score (nSPS) is 10.3. The molecule has 0 atom stereocenters. The van der Waals surface area contributed by atoms with Crippen molar-refractivity contribution in [2.75, 3.05) is 17.2 Å². The lowest BCUT2D eigenvalue weighted by atomic mass is 10.1. The molecule has 5 heteroatoms. The van der Waals surface area contributed by atoms with E-state index in [-0.39, 0.29) is 23.5 Å². The number of amides is 1. The predicted molar refractivity (Wildman–Crippen MR) is 74.6 cm³/mol. The molecule has 0 saturated carbocycles. The highest BCUT2D eigenvalue weighted by Gasteiger charge is 2.21. The number of nitrogens with zero attached hydrogens (tertiary/aromatic N) is 1. The summed E-state index contributed by atoms with van der Waals surface area (Å²) in [5.41, 5.74) is 6.02. The summed E-state index contributed by atoms with van der Waals surface area (Å²) >= 11 is 0. The van der Waals surface area contributed by atoms with Gasteiger partial charge in [-0.3, -0.25) is 4.79 Å². The number of halogens is 2. The average molecular weight is 276 g/mol. The molecule has 0 heterocycles. The molecule has 3 nitrogen and oxygen atoms in total. The number of hydrogen-bond acceptors (Lipinski definition) is 2. The number of para-hydroxylation sites is 1. The Morgan fingerprint density at radius 3 is 2.55 bits per heavy atom. The van der Waals surface area contributed by atoms with Crippen molar-refractivity contribution in [3.05, 3.63) is 59.7 Å². The second-order valence-corrected chi connectivity index (χ2v) is 4.23. The zero-order chi connectivity index (χ0) is 14.7. The maximum absolute atomic E-state index is 13.8. The molecule has 0 fully saturated rings. The van der Waals surface area contributed by atoms with Gasteiger partial charge in [0, 0.05) is 12.2 Å². The van der Waals surface area contributed by atoms with Crippen LogP contribution in [0.3, 0.4) is 0 Å². The average Bonchev–Trinajstić information content (AvgIpc) is 2.44. The van der Waals surface area contributed by atoms with Crippen molar-refractivity contribution in [2.24, 2.45) is 0 Å². The van der Waals surface area contributed by atoms with Crippen LogP contribution >= 0.6 is 0 Å². The topological polar surface area (TPSA) is 46.3 Å². The van der Waals surface area contributed by atoms with Gasteiger partial charge in [0.25, 0.3) is 5.91 Å². The van der Waals surface area contributed by atoms with Crippen LogP contribution in [0, 0.1) is 11.6 Å². The third-order valence-corrected chi connectivity index (χ3v) is 2.95. The fraction of sp³-hybridized carbons (Fsp3) is 0.133. The van der Waals surface area contributed by atoms with Crippen LogP contribution in [0.4, 0.5) is 20.2 Å². The maximum Gasteiger partial charge on any atom is 0.260 e. The minimum absolute atomic E-state index is 0.0232. The molecule has 0 spiro atoms. The Balaban J connectivity index is 2.45. The Morgan fingerprint density at radius 2 is 1.90 bits per heavy atom. The molecule has 104 valence electrons. The number of nitrogen functional groups attached to an aromatic ring is 1. The third-order valence-electron chi connectivity index (χ3n) is 2.95. The van der Waals surface area contributed by atoms with Crippen molar-refractivity contribution < 1.29 is 13.6 Å². The quantitative estimate of drug-likeness (QED) is 0.875. The predicted octanol–water partition coefficient (Wildman–Crippen LogP) is 3.21. The Bertz CT molecular complexity index is 644. The van der Waals surface area contributed by atoms with Gasteiger partial charge < -0.3 is 10.6 Å². The summed E-state index contributed by atoms with van der Waals surface area (Å²) in [6.07, 6.45) is 0. The van der Waals surface area contributed by atoms with Gasteiger partial charge in [-0.15, -0.1) is 0 Å². The fourth-order valence-electron chi connectivity index (χ4n) is 1.95. The summed E-state index contributed by atoms with van der Waals surface area (Å²) in [7, 11) is 0. The summed E-state index contributed by atoms with van der Waals surface area (Å²) in [6.45, 7) is 1.95. The number of hydrogen-bond donors (Lipinski definition) is 1. The molecule has 0 radical (unpaired) electrons. The zero-order valence-electron chi connectivity index (χ0n) is 10.9. The maximum atomic E-state index is 13.8. The number of nitrogens with two attached hydrogens (primary N) is 1. The molecule has 0 aromatic heterocycles. The lowest BCUT2D eigenvalue weighted by molar-refractivity contribution is 0.0988. The molecule has 2 N–H and O–H groups in total. The minimum Gasteiger partial charge on any atom is -0.398 e. The number of carbonyl (C=O) groups excluding carboxylic acids is 1. The molecule has 0 unspecified atom stereocenters. The molecule has 1 amide bonds. The number of rotatable bonds is 3. The van der Waals surface area contributed by atoms with Gasteiger partial charge in [-0.2, -0.15) is 0 Å². The van der Waals surface area contributed by atoms with Crippen LogP contribution in [0.5, 0.6) is 0 Å². The van der Waals surface area contributed by atoms with Crippen LogP contribution < -0.4 is 10.6 Å². The Labute approximate surface area is 115 Å². The standard InChI is InChI=1S/C15H14F2N2O/c1-2-19(14-6-4-3-5-12(14)17)15(20)11-9-10(16)7-8-13(11)18/h3-9H,2,18H2,1H3. The molecule has 0 aliphatic heterocycles. The summed E-state index contributed by atoms with van der Waals surface area (Å²) < 4.78 is 27.0. The van der Waals surface area contributed by atoms with Crippen LogP contribution in [-0.4, -0.2) is 12.5 Å². The van der Waals surface area contributed by atoms with Crippen LogP contribution in [-0.2, 0) is 0 Å². The zero-order valence-corrected chi connectivity index (χ0v) is 10.9. The molecule has 20 heavy (non-hydrogen) atoms. The van der Waals surface area contributed by atoms with Gasteiger partial charge in [-0.25, -0.2) is 8.78 Å². The first-order valence-electron chi connectivity index (χ1n) is 6.16. The SMILES string of the molecule is CCN(C(=O)c1cc(F)ccc1N)c1ccccc1F. The monoisotopic (exact) mass is 276 g/mol. The van der Waals surface area contributed by atoms with Gasteiger partial charge in [0.15, 0.2) is 0 Å². The highest BCUT2D eigenvalue weighted by Crippen LogP contribution is 2.23. The highest BCUT2D eigenvalue weighted by atomic mass is 19.1. The van der Waals surface area contributed by atoms with Crippen molar-refractivity contribution in [2.45, 2.75) is 6.92 Å². The van der Waals surface area contributed by atoms with E-state index in [0.717, 1.165) is 6.07 Å². The second kappa shape index (κ2) is 5.69. The van der Waals surface area contributed by atoms with E-state index >= 15 is 0 Å². The van der Waals surface area contributed by atoms with Crippen LogP contribution in [0.25, 0.3) is 0 Å². The molecular formula is C15H14F2N2O. The first-order valence-corrected chi connectivity index (χ1v) is 6.16. The largest absolute Gasteiger partial charge is 0.398 e. The first-order chi connectivity index (χ1) is 9.54. The van der Waals surface area contributed by atoms with E-state index in [1.807, 2.05) is 0 Å². The number of carbonyl (C=O) groups is 1. The Kier molecular flexibility index (Phi) is 3.98. The van der Waals surface area contributed by atoms with Crippen molar-refractivity contribution in [3.63, 3.8) is 0 Å². The Hall–Kier alpha value is -2.43. The van der Waals surface area contributed by atoms with Crippen molar-refractivity contribution >= 4 is 17.3 Å². The molecular weight excluding hydrogens is 262 g/mol. The van der Waals surface area contributed by atoms with Gasteiger partial charge in [-0.05, 0) is 37.3 Å². The minimum atomic E-state index is -0.563. The first kappa shape index (κ1) is 14.0. The molecule has 0 aliphatic carbocycles. The van der Waals surface area contributed by atoms with E-state index in [9.17, 15) is 13.6 Å². The fourth-order valence-corrected chi connectivity index (χ4v) is 1.95. The molecule has 2 aromatic carbocycles. The van der Waals surface area contributed by atoms with Gasteiger partial charge in [0.1, 0.15) is 11.6 Å². The number of benzene rings is 2. The molecule has 0 saturated heterocycles.